The molecule has 0 aliphatic heterocycles. The summed E-state index contributed by atoms with van der Waals surface area (Å²) < 4.78 is 8.54. The largest absolute Gasteiger partial charge is 0.501 e. The first-order chi connectivity index (χ1) is 26.6. The fourth-order valence-electron chi connectivity index (χ4n) is 7.42. The Bertz CT molecular complexity index is 2780. The van der Waals surface area contributed by atoms with Crippen molar-refractivity contribution >= 4 is 46.2 Å². The first kappa shape index (κ1) is 38.9. The van der Waals surface area contributed by atoms with Crippen molar-refractivity contribution in [3.05, 3.63) is 169 Å². The predicted molar refractivity (Wildman–Crippen MR) is 233 cm³/mol. The fraction of sp³-hybridized carbons (Fsp3) is 0.160. The van der Waals surface area contributed by atoms with Crippen LogP contribution in [0.25, 0.3) is 72.4 Å². The summed E-state index contributed by atoms with van der Waals surface area (Å²) in [7, 11) is -1.35. The molecule has 0 atom stereocenters. The molecule has 0 amide bonds. The second kappa shape index (κ2) is 16.4. The van der Waals surface area contributed by atoms with Crippen molar-refractivity contribution in [2.24, 2.45) is 5.92 Å². The van der Waals surface area contributed by atoms with Crippen LogP contribution in [0, 0.1) is 25.0 Å². The number of aromatic nitrogens is 3. The van der Waals surface area contributed by atoms with Crippen molar-refractivity contribution in [3.63, 3.8) is 0 Å². The van der Waals surface area contributed by atoms with Crippen LogP contribution in [0.2, 0.25) is 19.6 Å². The number of pyridine rings is 1. The number of fused-ring (bicyclic) bond motifs is 4. The van der Waals surface area contributed by atoms with E-state index in [4.69, 9.17) is 14.4 Å². The fourth-order valence-corrected chi connectivity index (χ4v) is 9.01. The zero-order valence-electron chi connectivity index (χ0n) is 32.7. The molecule has 9 rings (SSSR count). The van der Waals surface area contributed by atoms with Gasteiger partial charge in [-0.3, -0.25) is 4.98 Å². The SMILES string of the molecule is Cc1cc[c-]c(-c2cc(CC(C)C)c([Si](C)(C)C)cn2)c1.[Ir].[c-]1ccc2c(oc3ccccc32)c1-c1nc2ccccc2n1-c1cccc(-c2ccccc2)c1. The van der Waals surface area contributed by atoms with Crippen LogP contribution in [0.3, 0.4) is 0 Å². The van der Waals surface area contributed by atoms with Gasteiger partial charge in [0.1, 0.15) is 5.58 Å². The molecule has 6 aromatic carbocycles. The van der Waals surface area contributed by atoms with Crippen molar-refractivity contribution < 1.29 is 24.5 Å². The molecule has 3 heterocycles. The van der Waals surface area contributed by atoms with Crippen molar-refractivity contribution in [3.8, 4) is 39.5 Å². The third-order valence-corrected chi connectivity index (χ3v) is 12.1. The molecule has 0 fully saturated rings. The molecule has 0 aliphatic rings. The average Bonchev–Trinajstić information content (AvgIpc) is 3.77. The van der Waals surface area contributed by atoms with Gasteiger partial charge in [-0.15, -0.1) is 53.6 Å². The summed E-state index contributed by atoms with van der Waals surface area (Å²) in [6.45, 7) is 13.9. The predicted octanol–water partition coefficient (Wildman–Crippen LogP) is 12.7. The molecular weight excluding hydrogens is 879 g/mol. The Morgan fingerprint density at radius 1 is 0.732 bits per heavy atom. The first-order valence-electron chi connectivity index (χ1n) is 19.1. The van der Waals surface area contributed by atoms with Crippen molar-refractivity contribution in [1.82, 2.24) is 14.5 Å². The van der Waals surface area contributed by atoms with Crippen LogP contribution in [0.15, 0.2) is 150 Å². The standard InChI is InChI=1S/C31H19N2O.C19H26NSi.Ir/c1-2-10-21(11-3-1)22-12-8-13-23(20-22)33-28-18-6-5-17-27(28)32-31(33)26-16-9-15-25-24-14-4-7-19-29(24)34-30(25)26;1-14(2)10-17-12-18(16-9-7-8-15(3)11-16)20-13-19(17)21(4,5)6;/h1-15,17-20H;7-8,11-14H,10H2,1-6H3;/q2*-1;. The number of rotatable bonds is 7. The van der Waals surface area contributed by atoms with Gasteiger partial charge in [-0.1, -0.05) is 136 Å². The quantitative estimate of drug-likeness (QED) is 0.118. The Kier molecular flexibility index (Phi) is 11.4. The van der Waals surface area contributed by atoms with E-state index >= 15 is 0 Å². The minimum atomic E-state index is -1.35. The minimum absolute atomic E-state index is 0. The van der Waals surface area contributed by atoms with Crippen molar-refractivity contribution in [1.29, 1.82) is 0 Å². The zero-order chi connectivity index (χ0) is 38.1. The van der Waals surface area contributed by atoms with Gasteiger partial charge in [0.2, 0.25) is 0 Å². The Hall–Kier alpha value is -5.39. The van der Waals surface area contributed by atoms with Crippen molar-refractivity contribution in [2.45, 2.75) is 46.8 Å². The van der Waals surface area contributed by atoms with E-state index in [1.165, 1.54) is 21.9 Å². The number of nitrogens with zero attached hydrogens (tertiary/aromatic N) is 3. The van der Waals surface area contributed by atoms with Gasteiger partial charge >= 0.3 is 0 Å². The topological polar surface area (TPSA) is 43.9 Å². The summed E-state index contributed by atoms with van der Waals surface area (Å²) >= 11 is 0. The van der Waals surface area contributed by atoms with E-state index in [-0.39, 0.29) is 20.1 Å². The molecule has 3 aromatic heterocycles. The second-order valence-electron chi connectivity index (χ2n) is 15.7. The van der Waals surface area contributed by atoms with Gasteiger partial charge in [-0.25, -0.2) is 0 Å². The molecule has 0 bridgehead atoms. The number of furan rings is 1. The van der Waals surface area contributed by atoms with Gasteiger partial charge in [0.25, 0.3) is 0 Å². The van der Waals surface area contributed by atoms with Gasteiger partial charge in [0.15, 0.2) is 0 Å². The molecule has 0 N–H and O–H groups in total. The number of hydrogen-bond acceptors (Lipinski definition) is 3. The molecule has 9 aromatic rings. The van der Waals surface area contributed by atoms with Crippen molar-refractivity contribution in [2.75, 3.05) is 0 Å². The average molecular weight is 924 g/mol. The zero-order valence-corrected chi connectivity index (χ0v) is 36.1. The van der Waals surface area contributed by atoms with Crippen LogP contribution in [0.5, 0.6) is 0 Å². The third kappa shape index (κ3) is 7.96. The smallest absolute Gasteiger partial charge is 0.120 e. The Labute approximate surface area is 344 Å². The van der Waals surface area contributed by atoms with Crippen LogP contribution in [0.4, 0.5) is 0 Å². The second-order valence-corrected chi connectivity index (χ2v) is 20.8. The number of hydrogen-bond donors (Lipinski definition) is 0. The summed E-state index contributed by atoms with van der Waals surface area (Å²) in [5.41, 5.74) is 12.8. The summed E-state index contributed by atoms with van der Waals surface area (Å²) in [5, 5.41) is 3.66. The number of aryl methyl sites for hydroxylation is 1. The summed E-state index contributed by atoms with van der Waals surface area (Å²) in [5.74, 6) is 1.48. The van der Waals surface area contributed by atoms with E-state index in [1.54, 1.807) is 0 Å². The molecular formula is C50H45IrN3OSi-2. The van der Waals surface area contributed by atoms with E-state index in [1.807, 2.05) is 42.5 Å². The first-order valence-corrected chi connectivity index (χ1v) is 22.6. The Morgan fingerprint density at radius 3 is 2.25 bits per heavy atom. The maximum absolute atomic E-state index is 6.33. The third-order valence-electron chi connectivity index (χ3n) is 9.99. The van der Waals surface area contributed by atoms with Crippen LogP contribution in [-0.2, 0) is 26.5 Å². The summed E-state index contributed by atoms with van der Waals surface area (Å²) in [4.78, 5) is 9.78. The van der Waals surface area contributed by atoms with Crippen LogP contribution < -0.4 is 5.19 Å². The van der Waals surface area contributed by atoms with Crippen LogP contribution in [0.1, 0.15) is 25.0 Å². The van der Waals surface area contributed by atoms with Crippen LogP contribution in [-0.4, -0.2) is 22.6 Å². The number of imidazole rings is 1. The monoisotopic (exact) mass is 924 g/mol. The molecule has 1 radical (unpaired) electrons. The van der Waals surface area contributed by atoms with E-state index in [2.05, 4.69) is 160 Å². The van der Waals surface area contributed by atoms with Gasteiger partial charge < -0.3 is 14.0 Å². The van der Waals surface area contributed by atoms with Crippen LogP contribution >= 0.6 is 0 Å². The van der Waals surface area contributed by atoms with Gasteiger partial charge in [-0.2, -0.15) is 0 Å². The molecule has 0 unspecified atom stereocenters. The molecule has 281 valence electrons. The molecule has 4 nitrogen and oxygen atoms in total. The molecule has 56 heavy (non-hydrogen) atoms. The minimum Gasteiger partial charge on any atom is -0.501 e. The molecule has 6 heteroatoms. The Balaban J connectivity index is 0.000000190. The molecule has 0 saturated heterocycles. The van der Waals surface area contributed by atoms with E-state index < -0.39 is 8.07 Å². The Morgan fingerprint density at radius 2 is 1.46 bits per heavy atom. The summed E-state index contributed by atoms with van der Waals surface area (Å²) in [6, 6.07) is 54.7. The molecule has 0 aliphatic carbocycles. The van der Waals surface area contributed by atoms with E-state index in [9.17, 15) is 0 Å². The summed E-state index contributed by atoms with van der Waals surface area (Å²) in [6.07, 6.45) is 3.25. The van der Waals surface area contributed by atoms with E-state index in [0.717, 1.165) is 73.3 Å². The molecule has 0 saturated carbocycles. The van der Waals surface area contributed by atoms with Gasteiger partial charge in [-0.05, 0) is 64.7 Å². The maximum Gasteiger partial charge on any atom is 0.120 e. The van der Waals surface area contributed by atoms with Gasteiger partial charge in [0, 0.05) is 37.4 Å². The molecule has 0 spiro atoms. The number of para-hydroxylation sites is 3. The van der Waals surface area contributed by atoms with E-state index in [0.29, 0.717) is 5.92 Å². The van der Waals surface area contributed by atoms with Gasteiger partial charge in [0.05, 0.1) is 30.5 Å². The number of benzene rings is 6. The normalized spacial score (nSPS) is 11.5. The maximum atomic E-state index is 6.33.